The number of hydrogen-bond donors (Lipinski definition) is 1. The lowest BCUT2D eigenvalue weighted by molar-refractivity contribution is 0.0528. The lowest BCUT2D eigenvalue weighted by Crippen LogP contribution is -2.52. The van der Waals surface area contributed by atoms with Gasteiger partial charge in [-0.05, 0) is 36.5 Å². The van der Waals surface area contributed by atoms with Gasteiger partial charge in [-0.25, -0.2) is 0 Å². The van der Waals surface area contributed by atoms with Crippen molar-refractivity contribution < 1.29 is 4.79 Å². The Kier molecular flexibility index (Phi) is 5.17. The molecule has 3 heterocycles. The van der Waals surface area contributed by atoms with Crippen LogP contribution in [-0.4, -0.2) is 57.3 Å². The molecule has 2 N–H and O–H groups in total. The van der Waals surface area contributed by atoms with Gasteiger partial charge in [0, 0.05) is 38.4 Å². The summed E-state index contributed by atoms with van der Waals surface area (Å²) in [6.07, 6.45) is 8.39. The van der Waals surface area contributed by atoms with Crippen molar-refractivity contribution in [3.63, 3.8) is 0 Å². The maximum atomic E-state index is 12.9. The Morgan fingerprint density at radius 3 is 2.58 bits per heavy atom. The quantitative estimate of drug-likeness (QED) is 0.898. The van der Waals surface area contributed by atoms with Gasteiger partial charge in [-0.1, -0.05) is 25.3 Å². The molecule has 2 aromatic rings. The number of rotatable bonds is 3. The Bertz CT molecular complexity index is 749. The normalized spacial score (nSPS) is 19.6. The van der Waals surface area contributed by atoms with Gasteiger partial charge in [-0.15, -0.1) is 0 Å². The van der Waals surface area contributed by atoms with Crippen LogP contribution in [0.3, 0.4) is 0 Å². The fourth-order valence-corrected chi connectivity index (χ4v) is 4.80. The summed E-state index contributed by atoms with van der Waals surface area (Å²) in [5, 5.41) is 0. The largest absolute Gasteiger partial charge is 0.396 e. The molecule has 138 valence electrons. The molecule has 2 aliphatic rings. The molecular weight excluding hydrogens is 346 g/mol. The molecule has 1 aliphatic heterocycles. The fraction of sp³-hybridized carbons (Fsp3) is 0.526. The number of amides is 1. The van der Waals surface area contributed by atoms with E-state index in [1.807, 2.05) is 23.1 Å². The lowest BCUT2D eigenvalue weighted by atomic mass is 9.94. The topological polar surface area (TPSA) is 75.3 Å². The number of aromatic nitrogens is 2. The molecule has 0 atom stereocenters. The first-order valence-electron chi connectivity index (χ1n) is 9.44. The molecule has 4 rings (SSSR count). The van der Waals surface area contributed by atoms with E-state index in [0.717, 1.165) is 26.2 Å². The van der Waals surface area contributed by atoms with Crippen molar-refractivity contribution in [1.82, 2.24) is 19.2 Å². The highest BCUT2D eigenvalue weighted by molar-refractivity contribution is 7.09. The lowest BCUT2D eigenvalue weighted by Gasteiger charge is -2.40. The summed E-state index contributed by atoms with van der Waals surface area (Å²) in [5.74, 6) is 0.00507. The van der Waals surface area contributed by atoms with Crippen LogP contribution in [0, 0.1) is 0 Å². The number of piperazine rings is 1. The Morgan fingerprint density at radius 1 is 1.12 bits per heavy atom. The van der Waals surface area contributed by atoms with Crippen molar-refractivity contribution in [1.29, 1.82) is 0 Å². The number of carbonyl (C=O) groups is 1. The van der Waals surface area contributed by atoms with Crippen LogP contribution in [0.4, 0.5) is 5.69 Å². The molecule has 1 saturated carbocycles. The van der Waals surface area contributed by atoms with E-state index in [2.05, 4.69) is 14.3 Å². The van der Waals surface area contributed by atoms with Crippen molar-refractivity contribution >= 4 is 23.1 Å². The number of pyridine rings is 1. The third-order valence-corrected chi connectivity index (χ3v) is 6.37. The van der Waals surface area contributed by atoms with Crippen LogP contribution < -0.4 is 5.73 Å². The molecule has 2 aromatic heterocycles. The molecule has 0 unspecified atom stereocenters. The van der Waals surface area contributed by atoms with E-state index >= 15 is 0 Å². The summed E-state index contributed by atoms with van der Waals surface area (Å²) in [6, 6.07) is 6.32. The highest BCUT2D eigenvalue weighted by Gasteiger charge is 2.29. The molecule has 0 radical (unpaired) electrons. The van der Waals surface area contributed by atoms with Crippen LogP contribution in [0.1, 0.15) is 41.8 Å². The zero-order valence-corrected chi connectivity index (χ0v) is 15.7. The van der Waals surface area contributed by atoms with Crippen molar-refractivity contribution in [2.45, 2.75) is 38.1 Å². The van der Waals surface area contributed by atoms with E-state index in [0.29, 0.717) is 28.0 Å². The van der Waals surface area contributed by atoms with Crippen LogP contribution >= 0.6 is 11.5 Å². The zero-order chi connectivity index (χ0) is 17.9. The zero-order valence-electron chi connectivity index (χ0n) is 14.9. The first-order valence-corrected chi connectivity index (χ1v) is 10.2. The van der Waals surface area contributed by atoms with Crippen LogP contribution in [0.5, 0.6) is 0 Å². The van der Waals surface area contributed by atoms with Gasteiger partial charge in [0.05, 0.1) is 11.4 Å². The van der Waals surface area contributed by atoms with E-state index in [4.69, 9.17) is 5.73 Å². The van der Waals surface area contributed by atoms with Gasteiger partial charge in [-0.2, -0.15) is 4.37 Å². The van der Waals surface area contributed by atoms with Gasteiger partial charge in [0.2, 0.25) is 0 Å². The first-order chi connectivity index (χ1) is 12.7. The summed E-state index contributed by atoms with van der Waals surface area (Å²) in [7, 11) is 0. The van der Waals surface area contributed by atoms with Gasteiger partial charge in [0.15, 0.2) is 0 Å². The van der Waals surface area contributed by atoms with Crippen LogP contribution in [0.15, 0.2) is 24.4 Å². The number of anilines is 1. The molecule has 0 spiro atoms. The molecule has 1 saturated heterocycles. The maximum Gasteiger partial charge on any atom is 0.267 e. The average Bonchev–Trinajstić information content (AvgIpc) is 3.10. The molecule has 26 heavy (non-hydrogen) atoms. The number of nitrogens with zero attached hydrogens (tertiary/aromatic N) is 4. The van der Waals surface area contributed by atoms with Gasteiger partial charge >= 0.3 is 0 Å². The van der Waals surface area contributed by atoms with Crippen molar-refractivity contribution in [3.05, 3.63) is 29.3 Å². The minimum absolute atomic E-state index is 0.00507. The fourth-order valence-electron chi connectivity index (χ4n) is 4.02. The second-order valence-corrected chi connectivity index (χ2v) is 7.88. The van der Waals surface area contributed by atoms with Crippen molar-refractivity contribution in [3.8, 4) is 11.4 Å². The Morgan fingerprint density at radius 2 is 1.88 bits per heavy atom. The van der Waals surface area contributed by atoms with E-state index in [9.17, 15) is 4.79 Å². The van der Waals surface area contributed by atoms with Crippen molar-refractivity contribution in [2.75, 3.05) is 31.9 Å². The van der Waals surface area contributed by atoms with Gasteiger partial charge < -0.3 is 10.6 Å². The van der Waals surface area contributed by atoms with E-state index in [1.165, 1.54) is 43.6 Å². The summed E-state index contributed by atoms with van der Waals surface area (Å²) >= 11 is 1.18. The van der Waals surface area contributed by atoms with Gasteiger partial charge in [0.25, 0.3) is 5.91 Å². The monoisotopic (exact) mass is 371 g/mol. The molecule has 1 aliphatic carbocycles. The molecule has 7 heteroatoms. The van der Waals surface area contributed by atoms with E-state index in [1.54, 1.807) is 6.20 Å². The second-order valence-electron chi connectivity index (χ2n) is 7.11. The van der Waals surface area contributed by atoms with E-state index in [-0.39, 0.29) is 5.91 Å². The smallest absolute Gasteiger partial charge is 0.267 e. The SMILES string of the molecule is Nc1c(-c2ccccn2)nsc1C(=O)N1CCN(C2CCCCC2)CC1. The molecule has 0 aromatic carbocycles. The number of hydrogen-bond acceptors (Lipinski definition) is 6. The van der Waals surface area contributed by atoms with Crippen molar-refractivity contribution in [2.24, 2.45) is 0 Å². The van der Waals surface area contributed by atoms with Crippen LogP contribution in [-0.2, 0) is 0 Å². The first kappa shape index (κ1) is 17.4. The maximum absolute atomic E-state index is 12.9. The molecule has 0 bridgehead atoms. The number of nitrogen functional groups attached to an aromatic ring is 1. The average molecular weight is 372 g/mol. The van der Waals surface area contributed by atoms with E-state index < -0.39 is 0 Å². The third kappa shape index (κ3) is 3.46. The Balaban J connectivity index is 1.42. The minimum Gasteiger partial charge on any atom is -0.396 e. The Labute approximate surface area is 158 Å². The number of nitrogens with two attached hydrogens (primary N) is 1. The second kappa shape index (κ2) is 7.72. The van der Waals surface area contributed by atoms with Crippen LogP contribution in [0.2, 0.25) is 0 Å². The number of carbonyl (C=O) groups excluding carboxylic acids is 1. The molecular formula is C19H25N5OS. The highest BCUT2D eigenvalue weighted by Crippen LogP contribution is 2.31. The predicted octanol–water partition coefficient (Wildman–Crippen LogP) is 2.88. The molecule has 1 amide bonds. The van der Waals surface area contributed by atoms with Gasteiger partial charge in [-0.3, -0.25) is 14.7 Å². The summed E-state index contributed by atoms with van der Waals surface area (Å²) in [6.45, 7) is 3.46. The predicted molar refractivity (Wildman–Crippen MR) is 104 cm³/mol. The summed E-state index contributed by atoms with van der Waals surface area (Å²) in [5.41, 5.74) is 8.01. The van der Waals surface area contributed by atoms with Gasteiger partial charge in [0.1, 0.15) is 10.6 Å². The molecule has 2 fully saturated rings. The standard InChI is InChI=1S/C19H25N5OS/c20-16-17(15-8-4-5-9-21-15)22-26-18(16)19(25)24-12-10-23(11-13-24)14-6-2-1-3-7-14/h4-5,8-9,14H,1-3,6-7,10-13,20H2. The summed E-state index contributed by atoms with van der Waals surface area (Å²) < 4.78 is 4.39. The Hall–Kier alpha value is -1.99. The highest BCUT2D eigenvalue weighted by atomic mass is 32.1. The van der Waals surface area contributed by atoms with Crippen LogP contribution in [0.25, 0.3) is 11.4 Å². The third-order valence-electron chi connectivity index (χ3n) is 5.52. The summed E-state index contributed by atoms with van der Waals surface area (Å²) in [4.78, 5) is 22.2. The molecule has 6 nitrogen and oxygen atoms in total. The minimum atomic E-state index is 0.00507.